The van der Waals surface area contributed by atoms with Crippen LogP contribution in [0.3, 0.4) is 0 Å². The van der Waals surface area contributed by atoms with E-state index in [2.05, 4.69) is 300 Å². The largest absolute Gasteiger partial charge is 0.311 e. The number of aromatic nitrogens is 4. The molecule has 0 aliphatic heterocycles. The molecular weight excluding hydrogens is 925 g/mol. The molecule has 0 saturated carbocycles. The van der Waals surface area contributed by atoms with Crippen LogP contribution in [0.25, 0.3) is 88.5 Å². The Kier molecular flexibility index (Phi) is 10.8. The van der Waals surface area contributed by atoms with E-state index in [-0.39, 0.29) is 0 Å². The predicted molar refractivity (Wildman–Crippen MR) is 318 cm³/mol. The van der Waals surface area contributed by atoms with Crippen molar-refractivity contribution in [2.24, 2.45) is 0 Å². The maximum atomic E-state index is 5.48. The lowest BCUT2D eigenvalue weighted by Gasteiger charge is -2.26. The van der Waals surface area contributed by atoms with Crippen LogP contribution < -0.4 is 9.80 Å². The van der Waals surface area contributed by atoms with Crippen molar-refractivity contribution in [1.29, 1.82) is 0 Å². The predicted octanol–water partition coefficient (Wildman–Crippen LogP) is 18.7. The number of nitrogens with zero attached hydrogens (tertiary/aromatic N) is 6. The number of hydrogen-bond donors (Lipinski definition) is 0. The Bertz CT molecular complexity index is 4050. The molecule has 360 valence electrons. The summed E-state index contributed by atoms with van der Waals surface area (Å²) in [4.78, 5) is 15.6. The summed E-state index contributed by atoms with van der Waals surface area (Å²) in [6.07, 6.45) is 0. The molecule has 0 amide bonds. The third-order valence-electron chi connectivity index (χ3n) is 14.9. The molecule has 0 unspecified atom stereocenters. The Morgan fingerprint density at radius 1 is 0.263 bits per heavy atom. The normalized spacial score (nSPS) is 11.6. The fourth-order valence-electron chi connectivity index (χ4n) is 11.3. The molecule has 76 heavy (non-hydrogen) atoms. The van der Waals surface area contributed by atoms with Crippen molar-refractivity contribution in [3.63, 3.8) is 0 Å². The number of para-hydroxylation sites is 6. The SMILES string of the molecule is Cc1ccc(C)c2nc(-c3ccc(N(c4ccccc4)c4ccc(-n5c6ccccc6c6ccccc65)cc4)cc3)c(-c3ccc(N(c4ccccc4)c4ccc(-n5c6ccccc6c6ccccc65)cc4)cc3)nc12. The van der Waals surface area contributed by atoms with Crippen LogP contribution in [0.1, 0.15) is 11.1 Å². The molecule has 14 rings (SSSR count). The molecule has 11 aromatic carbocycles. The first kappa shape index (κ1) is 44.6. The summed E-state index contributed by atoms with van der Waals surface area (Å²) in [5.41, 5.74) is 21.0. The molecule has 0 bridgehead atoms. The van der Waals surface area contributed by atoms with Gasteiger partial charge in [0.05, 0.1) is 44.5 Å². The highest BCUT2D eigenvalue weighted by Gasteiger charge is 2.21. The van der Waals surface area contributed by atoms with Crippen molar-refractivity contribution in [3.05, 3.63) is 278 Å². The molecule has 3 aromatic heterocycles. The van der Waals surface area contributed by atoms with Gasteiger partial charge in [-0.3, -0.25) is 0 Å². The maximum absolute atomic E-state index is 5.48. The number of benzene rings is 11. The standard InChI is InChI=1S/C70H50N6/c1-47-29-30-48(2)68-67(47)71-69(49-31-35-53(36-32-49)73(51-17-5-3-6-18-51)55-39-43-57(44-40-55)75-63-25-13-9-21-59(63)60-22-10-14-26-64(60)75)70(72-68)50-33-37-54(38-34-50)74(52-19-7-4-8-20-52)56-41-45-58(46-42-56)76-65-27-15-11-23-61(65)62-24-12-16-28-66(62)76/h3-46H,1-2H3. The minimum atomic E-state index is 0.836. The molecule has 6 heteroatoms. The summed E-state index contributed by atoms with van der Waals surface area (Å²) in [5, 5.41) is 4.99. The number of anilines is 6. The van der Waals surface area contributed by atoms with Crippen molar-refractivity contribution in [3.8, 4) is 33.9 Å². The van der Waals surface area contributed by atoms with E-state index < -0.39 is 0 Å². The van der Waals surface area contributed by atoms with Crippen molar-refractivity contribution in [2.45, 2.75) is 13.8 Å². The van der Waals surface area contributed by atoms with Crippen LogP contribution in [0, 0.1) is 13.8 Å². The van der Waals surface area contributed by atoms with Gasteiger partial charge in [-0.2, -0.15) is 0 Å². The van der Waals surface area contributed by atoms with E-state index in [4.69, 9.17) is 9.97 Å². The van der Waals surface area contributed by atoms with Crippen LogP contribution in [0.5, 0.6) is 0 Å². The summed E-state index contributed by atoms with van der Waals surface area (Å²) in [6.45, 7) is 4.24. The fraction of sp³-hybridized carbons (Fsp3) is 0.0286. The van der Waals surface area contributed by atoms with Crippen LogP contribution in [-0.2, 0) is 0 Å². The average Bonchev–Trinajstić information content (AvgIpc) is 4.01. The van der Waals surface area contributed by atoms with Gasteiger partial charge >= 0.3 is 0 Å². The van der Waals surface area contributed by atoms with E-state index in [0.717, 1.165) is 90.2 Å². The lowest BCUT2D eigenvalue weighted by molar-refractivity contribution is 1.17. The first-order valence-electron chi connectivity index (χ1n) is 25.9. The van der Waals surface area contributed by atoms with Gasteiger partial charge in [0, 0.05) is 78.2 Å². The lowest BCUT2D eigenvalue weighted by atomic mass is 10.0. The van der Waals surface area contributed by atoms with Crippen molar-refractivity contribution >= 4 is 88.8 Å². The maximum Gasteiger partial charge on any atom is 0.0973 e. The average molecular weight is 975 g/mol. The Hall–Kier alpha value is -10.0. The molecule has 0 radical (unpaired) electrons. The zero-order valence-electron chi connectivity index (χ0n) is 42.1. The van der Waals surface area contributed by atoms with Gasteiger partial charge in [-0.1, -0.05) is 146 Å². The van der Waals surface area contributed by atoms with Gasteiger partial charge in [-0.25, -0.2) is 9.97 Å². The molecule has 0 aliphatic carbocycles. The highest BCUT2D eigenvalue weighted by atomic mass is 15.1. The molecule has 0 saturated heterocycles. The highest BCUT2D eigenvalue weighted by Crippen LogP contribution is 2.42. The van der Waals surface area contributed by atoms with E-state index in [1.165, 1.54) is 43.6 Å². The molecule has 0 spiro atoms. The molecule has 3 heterocycles. The summed E-state index contributed by atoms with van der Waals surface area (Å²) in [7, 11) is 0. The van der Waals surface area contributed by atoms with Crippen LogP contribution in [0.15, 0.2) is 267 Å². The second kappa shape index (κ2) is 18.5. The van der Waals surface area contributed by atoms with E-state index >= 15 is 0 Å². The van der Waals surface area contributed by atoms with Gasteiger partial charge < -0.3 is 18.9 Å². The van der Waals surface area contributed by atoms with E-state index in [9.17, 15) is 0 Å². The van der Waals surface area contributed by atoms with Crippen LogP contribution in [0.4, 0.5) is 34.1 Å². The quantitative estimate of drug-likeness (QED) is 0.137. The number of aryl methyl sites for hydroxylation is 2. The number of fused-ring (bicyclic) bond motifs is 7. The number of rotatable bonds is 10. The minimum absolute atomic E-state index is 0.836. The third kappa shape index (κ3) is 7.57. The molecule has 0 N–H and O–H groups in total. The summed E-state index contributed by atoms with van der Waals surface area (Å²) >= 11 is 0. The first-order valence-corrected chi connectivity index (χ1v) is 25.9. The lowest BCUT2D eigenvalue weighted by Crippen LogP contribution is -2.10. The van der Waals surface area contributed by atoms with Gasteiger partial charge in [0.25, 0.3) is 0 Å². The zero-order chi connectivity index (χ0) is 50.7. The Balaban J connectivity index is 0.829. The Morgan fingerprint density at radius 2 is 0.526 bits per heavy atom. The second-order valence-corrected chi connectivity index (χ2v) is 19.5. The fourth-order valence-corrected chi connectivity index (χ4v) is 11.3. The van der Waals surface area contributed by atoms with Crippen molar-refractivity contribution < 1.29 is 0 Å². The minimum Gasteiger partial charge on any atom is -0.311 e. The molecule has 0 atom stereocenters. The monoisotopic (exact) mass is 974 g/mol. The van der Waals surface area contributed by atoms with Gasteiger partial charge in [0.1, 0.15) is 0 Å². The zero-order valence-corrected chi connectivity index (χ0v) is 42.1. The molecule has 6 nitrogen and oxygen atoms in total. The third-order valence-corrected chi connectivity index (χ3v) is 14.9. The molecule has 0 aliphatic rings. The summed E-state index contributed by atoms with van der Waals surface area (Å²) < 4.78 is 4.72. The van der Waals surface area contributed by atoms with E-state index in [1.54, 1.807) is 0 Å². The van der Waals surface area contributed by atoms with Gasteiger partial charge in [-0.05, 0) is 146 Å². The van der Waals surface area contributed by atoms with E-state index in [0.29, 0.717) is 0 Å². The van der Waals surface area contributed by atoms with Gasteiger partial charge in [0.2, 0.25) is 0 Å². The summed E-state index contributed by atoms with van der Waals surface area (Å²) in [5.74, 6) is 0. The van der Waals surface area contributed by atoms with Crippen LogP contribution >= 0.6 is 0 Å². The van der Waals surface area contributed by atoms with Gasteiger partial charge in [0.15, 0.2) is 0 Å². The van der Waals surface area contributed by atoms with Gasteiger partial charge in [-0.15, -0.1) is 0 Å². The van der Waals surface area contributed by atoms with Crippen LogP contribution in [-0.4, -0.2) is 19.1 Å². The summed E-state index contributed by atoms with van der Waals surface area (Å²) in [6, 6.07) is 95.5. The van der Waals surface area contributed by atoms with E-state index in [1.807, 2.05) is 0 Å². The first-order chi connectivity index (χ1) is 37.5. The Labute approximate surface area is 441 Å². The van der Waals surface area contributed by atoms with Crippen LogP contribution in [0.2, 0.25) is 0 Å². The smallest absolute Gasteiger partial charge is 0.0973 e. The Morgan fingerprint density at radius 3 is 0.842 bits per heavy atom. The highest BCUT2D eigenvalue weighted by molar-refractivity contribution is 6.10. The topological polar surface area (TPSA) is 42.1 Å². The molecule has 0 fully saturated rings. The second-order valence-electron chi connectivity index (χ2n) is 19.5. The number of hydrogen-bond acceptors (Lipinski definition) is 4. The molecule has 14 aromatic rings. The molecular formula is C70H50N6. The van der Waals surface area contributed by atoms with Crippen molar-refractivity contribution in [2.75, 3.05) is 9.80 Å². The van der Waals surface area contributed by atoms with Crippen molar-refractivity contribution in [1.82, 2.24) is 19.1 Å².